The molecular formula is C23H44N2O. The van der Waals surface area contributed by atoms with Crippen LogP contribution < -0.4 is 5.32 Å². The maximum Gasteiger partial charge on any atom is 0.0967 e. The van der Waals surface area contributed by atoms with Gasteiger partial charge in [0.25, 0.3) is 0 Å². The number of hydrogen-bond acceptors (Lipinski definition) is 3. The molecule has 0 aliphatic carbocycles. The van der Waals surface area contributed by atoms with Gasteiger partial charge in [-0.05, 0) is 39.0 Å². The molecule has 0 aromatic carbocycles. The van der Waals surface area contributed by atoms with Crippen LogP contribution in [0.3, 0.4) is 0 Å². The number of aliphatic hydroxyl groups is 1. The Morgan fingerprint density at radius 3 is 2.00 bits per heavy atom. The molecule has 1 heterocycles. The van der Waals surface area contributed by atoms with Crippen molar-refractivity contribution in [3.63, 3.8) is 0 Å². The summed E-state index contributed by atoms with van der Waals surface area (Å²) >= 11 is 0. The van der Waals surface area contributed by atoms with Crippen LogP contribution in [-0.4, -0.2) is 29.6 Å². The fourth-order valence-corrected chi connectivity index (χ4v) is 3.48. The molecule has 0 fully saturated rings. The van der Waals surface area contributed by atoms with Gasteiger partial charge in [-0.2, -0.15) is 0 Å². The lowest BCUT2D eigenvalue weighted by molar-refractivity contribution is 0.161. The third-order valence-electron chi connectivity index (χ3n) is 5.34. The highest BCUT2D eigenvalue weighted by atomic mass is 16.3. The average Bonchev–Trinajstić information content (AvgIpc) is 3.10. The van der Waals surface area contributed by atoms with E-state index in [0.717, 1.165) is 18.8 Å². The van der Waals surface area contributed by atoms with Gasteiger partial charge in [-0.3, -0.25) is 4.99 Å². The molecule has 1 rings (SSSR count). The van der Waals surface area contributed by atoms with E-state index >= 15 is 0 Å². The van der Waals surface area contributed by atoms with Gasteiger partial charge in [0.2, 0.25) is 0 Å². The van der Waals surface area contributed by atoms with E-state index in [9.17, 15) is 5.11 Å². The third-order valence-corrected chi connectivity index (χ3v) is 5.34. The zero-order chi connectivity index (χ0) is 18.9. The number of rotatable bonds is 17. The Kier molecular flexibility index (Phi) is 14.6. The van der Waals surface area contributed by atoms with Crippen molar-refractivity contribution in [1.82, 2.24) is 5.32 Å². The Hall–Kier alpha value is -0.830. The molecule has 1 aliphatic rings. The Labute approximate surface area is 162 Å². The van der Waals surface area contributed by atoms with Crippen LogP contribution in [0.25, 0.3) is 0 Å². The predicted molar refractivity (Wildman–Crippen MR) is 115 cm³/mol. The molecule has 2 unspecified atom stereocenters. The number of nitrogens with one attached hydrogen (secondary N) is 1. The van der Waals surface area contributed by atoms with Crippen LogP contribution in [0.1, 0.15) is 110 Å². The van der Waals surface area contributed by atoms with Crippen LogP contribution in [0.2, 0.25) is 0 Å². The van der Waals surface area contributed by atoms with E-state index in [1.165, 1.54) is 89.9 Å². The zero-order valence-corrected chi connectivity index (χ0v) is 17.5. The van der Waals surface area contributed by atoms with Gasteiger partial charge in [0.05, 0.1) is 24.5 Å². The Bertz CT molecular complexity index is 376. The largest absolute Gasteiger partial charge is 0.391 e. The smallest absolute Gasteiger partial charge is 0.0967 e. The van der Waals surface area contributed by atoms with Crippen molar-refractivity contribution < 1.29 is 5.11 Å². The maximum atomic E-state index is 9.54. The number of amidine groups is 1. The fourth-order valence-electron chi connectivity index (χ4n) is 3.48. The van der Waals surface area contributed by atoms with Crippen LogP contribution in [0.15, 0.2) is 17.1 Å². The second-order valence-corrected chi connectivity index (χ2v) is 7.97. The van der Waals surface area contributed by atoms with Crippen LogP contribution in [0.5, 0.6) is 0 Å². The first kappa shape index (κ1) is 23.2. The summed E-state index contributed by atoms with van der Waals surface area (Å²) < 4.78 is 0. The maximum absolute atomic E-state index is 9.54. The molecule has 3 heteroatoms. The molecule has 1 aliphatic heterocycles. The highest BCUT2D eigenvalue weighted by Crippen LogP contribution is 2.12. The molecular weight excluding hydrogens is 320 g/mol. The van der Waals surface area contributed by atoms with Crippen LogP contribution in [0, 0.1) is 0 Å². The summed E-state index contributed by atoms with van der Waals surface area (Å²) in [4.78, 5) is 4.48. The highest BCUT2D eigenvalue weighted by Gasteiger charge is 2.20. The van der Waals surface area contributed by atoms with E-state index in [0.29, 0.717) is 0 Å². The normalized spacial score (nSPS) is 18.3. The number of aliphatic imine (C=N–C) groups is 1. The van der Waals surface area contributed by atoms with Gasteiger partial charge in [-0.1, -0.05) is 76.9 Å². The molecule has 2 N–H and O–H groups in total. The highest BCUT2D eigenvalue weighted by molar-refractivity contribution is 5.84. The first-order valence-corrected chi connectivity index (χ1v) is 11.4. The van der Waals surface area contributed by atoms with Crippen molar-refractivity contribution in [1.29, 1.82) is 0 Å². The monoisotopic (exact) mass is 364 g/mol. The lowest BCUT2D eigenvalue weighted by Gasteiger charge is -2.14. The molecule has 0 amide bonds. The zero-order valence-electron chi connectivity index (χ0n) is 17.5. The Morgan fingerprint density at radius 1 is 0.923 bits per heavy atom. The van der Waals surface area contributed by atoms with Gasteiger partial charge in [-0.15, -0.1) is 0 Å². The van der Waals surface area contributed by atoms with Gasteiger partial charge in [0, 0.05) is 6.42 Å². The molecule has 3 nitrogen and oxygen atoms in total. The van der Waals surface area contributed by atoms with Crippen molar-refractivity contribution in [2.24, 2.45) is 4.99 Å². The fraction of sp³-hybridized carbons (Fsp3) is 0.870. The quantitative estimate of drug-likeness (QED) is 0.239. The molecule has 0 aromatic rings. The van der Waals surface area contributed by atoms with Crippen molar-refractivity contribution in [3.8, 4) is 0 Å². The molecule has 0 saturated heterocycles. The first-order chi connectivity index (χ1) is 12.7. The van der Waals surface area contributed by atoms with Crippen molar-refractivity contribution in [3.05, 3.63) is 12.2 Å². The SMILES string of the molecule is CCCCCCCC/C=C\CCCCCCCCC1=NCC(C(C)O)N1. The lowest BCUT2D eigenvalue weighted by atomic mass is 10.1. The number of unbranched alkanes of at least 4 members (excludes halogenated alkanes) is 12. The molecule has 0 spiro atoms. The lowest BCUT2D eigenvalue weighted by Crippen LogP contribution is -2.38. The van der Waals surface area contributed by atoms with E-state index in [-0.39, 0.29) is 12.1 Å². The van der Waals surface area contributed by atoms with Gasteiger partial charge in [0.15, 0.2) is 0 Å². The van der Waals surface area contributed by atoms with Crippen LogP contribution in [0.4, 0.5) is 0 Å². The Morgan fingerprint density at radius 2 is 1.46 bits per heavy atom. The summed E-state index contributed by atoms with van der Waals surface area (Å²) in [7, 11) is 0. The van der Waals surface area contributed by atoms with Gasteiger partial charge < -0.3 is 10.4 Å². The summed E-state index contributed by atoms with van der Waals surface area (Å²) in [6.07, 6.45) is 24.4. The second-order valence-electron chi connectivity index (χ2n) is 7.97. The van der Waals surface area contributed by atoms with Crippen molar-refractivity contribution in [2.75, 3.05) is 6.54 Å². The molecule has 0 saturated carbocycles. The van der Waals surface area contributed by atoms with Crippen LogP contribution in [-0.2, 0) is 0 Å². The van der Waals surface area contributed by atoms with E-state index < -0.39 is 0 Å². The van der Waals surface area contributed by atoms with Crippen molar-refractivity contribution >= 4 is 5.84 Å². The molecule has 0 bridgehead atoms. The average molecular weight is 365 g/mol. The Balaban J connectivity index is 1.78. The number of nitrogens with zero attached hydrogens (tertiary/aromatic N) is 1. The molecule has 0 aromatic heterocycles. The minimum absolute atomic E-state index is 0.138. The van der Waals surface area contributed by atoms with E-state index in [1.54, 1.807) is 0 Å². The summed E-state index contributed by atoms with van der Waals surface area (Å²) in [5, 5.41) is 12.9. The third kappa shape index (κ3) is 12.5. The van der Waals surface area contributed by atoms with E-state index in [1.807, 2.05) is 6.92 Å². The van der Waals surface area contributed by atoms with Gasteiger partial charge in [-0.25, -0.2) is 0 Å². The number of allylic oxidation sites excluding steroid dienone is 2. The number of aliphatic hydroxyl groups excluding tert-OH is 1. The standard InChI is InChI=1S/C23H44N2O/c1-3-4-5-6-7-8-9-10-11-12-13-14-15-16-17-18-19-23-24-20-22(25-23)21(2)26/h10-11,21-22,26H,3-9,12-20H2,1-2H3,(H,24,25)/b11-10-. The summed E-state index contributed by atoms with van der Waals surface area (Å²) in [5.41, 5.74) is 0. The van der Waals surface area contributed by atoms with E-state index in [2.05, 4.69) is 29.4 Å². The molecule has 0 radical (unpaired) electrons. The first-order valence-electron chi connectivity index (χ1n) is 11.4. The minimum atomic E-state index is -0.309. The summed E-state index contributed by atoms with van der Waals surface area (Å²) in [5.74, 6) is 1.10. The van der Waals surface area contributed by atoms with Crippen LogP contribution >= 0.6 is 0 Å². The molecule has 152 valence electrons. The van der Waals surface area contributed by atoms with Gasteiger partial charge in [0.1, 0.15) is 0 Å². The van der Waals surface area contributed by atoms with Gasteiger partial charge >= 0.3 is 0 Å². The predicted octanol–water partition coefficient (Wildman–Crippen LogP) is 6.17. The second kappa shape index (κ2) is 16.4. The summed E-state index contributed by atoms with van der Waals surface area (Å²) in [6, 6.07) is 0.138. The molecule has 26 heavy (non-hydrogen) atoms. The minimum Gasteiger partial charge on any atom is -0.391 e. The topological polar surface area (TPSA) is 44.6 Å². The summed E-state index contributed by atoms with van der Waals surface area (Å²) in [6.45, 7) is 4.85. The molecule has 2 atom stereocenters. The van der Waals surface area contributed by atoms with E-state index in [4.69, 9.17) is 0 Å². The number of hydrogen-bond donors (Lipinski definition) is 2. The van der Waals surface area contributed by atoms with Crippen molar-refractivity contribution in [2.45, 2.75) is 122 Å².